The zero-order valence-corrected chi connectivity index (χ0v) is 47.6. The molecule has 0 saturated heterocycles. The standard InChI is InChI=1S/2C40H26N4/c1-2-10-27(11-3-1)28-16-19-33-34(24-28)40(30-18-21-38(44-26-30)36-15-7-9-23-42-36)32-13-5-4-12-31(32)39(33)29-17-20-37(43-25-29)35-14-6-8-22-41-35;1-2-8-27(9-3-1)28-14-17-35-36(22-28)40(32-16-19-38(44-26-32)30-11-7-21-42-24-30)34-13-5-4-12-33(34)39(35)31-15-18-37(43-25-31)29-10-6-20-41-23-29/h2*1-26H. The van der Waals surface area contributed by atoms with Crippen molar-refractivity contribution in [3.63, 3.8) is 0 Å². The molecular weight excluding hydrogens is 1070 g/mol. The molecule has 0 saturated carbocycles. The van der Waals surface area contributed by atoms with E-state index in [1.165, 1.54) is 76.5 Å². The highest BCUT2D eigenvalue weighted by molar-refractivity contribution is 6.23. The maximum Gasteiger partial charge on any atom is 0.0886 e. The Morgan fingerprint density at radius 3 is 0.795 bits per heavy atom. The third-order valence-corrected chi connectivity index (χ3v) is 16.2. The maximum atomic E-state index is 4.88. The second-order valence-electron chi connectivity index (χ2n) is 21.5. The minimum Gasteiger partial charge on any atom is -0.264 e. The summed E-state index contributed by atoms with van der Waals surface area (Å²) in [6.45, 7) is 0. The molecule has 16 aromatic rings. The Morgan fingerprint density at radius 1 is 0.159 bits per heavy atom. The fraction of sp³-hybridized carbons (Fsp3) is 0. The fourth-order valence-corrected chi connectivity index (χ4v) is 12.1. The Morgan fingerprint density at radius 2 is 0.466 bits per heavy atom. The molecule has 8 aromatic heterocycles. The van der Waals surface area contributed by atoms with Crippen molar-refractivity contribution in [1.29, 1.82) is 0 Å². The van der Waals surface area contributed by atoms with Crippen LogP contribution in [-0.2, 0) is 0 Å². The van der Waals surface area contributed by atoms with Gasteiger partial charge in [-0.25, -0.2) is 0 Å². The van der Waals surface area contributed by atoms with Crippen molar-refractivity contribution in [2.24, 2.45) is 0 Å². The Bertz CT molecular complexity index is 4790. The highest BCUT2D eigenvalue weighted by Gasteiger charge is 2.21. The van der Waals surface area contributed by atoms with Crippen LogP contribution in [0.2, 0.25) is 0 Å². The lowest BCUT2D eigenvalue weighted by molar-refractivity contribution is 1.25. The molecule has 8 nitrogen and oxygen atoms in total. The van der Waals surface area contributed by atoms with Gasteiger partial charge in [0.1, 0.15) is 0 Å². The van der Waals surface area contributed by atoms with Crippen molar-refractivity contribution in [2.75, 3.05) is 0 Å². The first-order valence-electron chi connectivity index (χ1n) is 29.2. The van der Waals surface area contributed by atoms with Gasteiger partial charge in [0.05, 0.1) is 34.2 Å². The normalized spacial score (nSPS) is 11.2. The molecular formula is C80H52N8. The van der Waals surface area contributed by atoms with Gasteiger partial charge in [-0.2, -0.15) is 0 Å². The van der Waals surface area contributed by atoms with Crippen molar-refractivity contribution in [3.05, 3.63) is 317 Å². The number of benzene rings is 8. The van der Waals surface area contributed by atoms with Crippen molar-refractivity contribution in [2.45, 2.75) is 0 Å². The molecule has 0 amide bonds. The Kier molecular flexibility index (Phi) is 14.1. The largest absolute Gasteiger partial charge is 0.264 e. The summed E-state index contributed by atoms with van der Waals surface area (Å²) in [5.41, 5.74) is 20.9. The molecule has 8 heteroatoms. The van der Waals surface area contributed by atoms with E-state index in [9.17, 15) is 0 Å². The van der Waals surface area contributed by atoms with Gasteiger partial charge in [-0.1, -0.05) is 170 Å². The lowest BCUT2D eigenvalue weighted by Gasteiger charge is -2.19. The molecule has 0 aliphatic rings. The van der Waals surface area contributed by atoms with Crippen LogP contribution in [0.4, 0.5) is 0 Å². The third kappa shape index (κ3) is 10.3. The highest BCUT2D eigenvalue weighted by Crippen LogP contribution is 2.47. The third-order valence-electron chi connectivity index (χ3n) is 16.2. The van der Waals surface area contributed by atoms with Gasteiger partial charge in [-0.05, 0) is 173 Å². The second kappa shape index (κ2) is 23.6. The number of hydrogen-bond acceptors (Lipinski definition) is 8. The summed E-state index contributed by atoms with van der Waals surface area (Å²) < 4.78 is 0. The van der Waals surface area contributed by atoms with Gasteiger partial charge in [-0.15, -0.1) is 0 Å². The van der Waals surface area contributed by atoms with E-state index in [4.69, 9.17) is 19.9 Å². The van der Waals surface area contributed by atoms with Crippen LogP contribution in [0.1, 0.15) is 0 Å². The number of rotatable bonds is 10. The van der Waals surface area contributed by atoms with E-state index in [-0.39, 0.29) is 0 Å². The first-order valence-corrected chi connectivity index (χ1v) is 29.2. The van der Waals surface area contributed by atoms with Crippen LogP contribution < -0.4 is 0 Å². The number of hydrogen-bond donors (Lipinski definition) is 0. The predicted molar refractivity (Wildman–Crippen MR) is 360 cm³/mol. The quantitative estimate of drug-likeness (QED) is 0.125. The lowest BCUT2D eigenvalue weighted by Crippen LogP contribution is -1.94. The van der Waals surface area contributed by atoms with Crippen molar-refractivity contribution in [1.82, 2.24) is 39.9 Å². The summed E-state index contributed by atoms with van der Waals surface area (Å²) in [5, 5.41) is 9.37. The minimum atomic E-state index is 0.851. The Labute approximate surface area is 509 Å². The van der Waals surface area contributed by atoms with Gasteiger partial charge in [0.25, 0.3) is 0 Å². The first-order chi connectivity index (χ1) is 43.7. The molecule has 0 aliphatic heterocycles. The zero-order chi connectivity index (χ0) is 58.6. The van der Waals surface area contributed by atoms with Crippen LogP contribution in [0, 0.1) is 0 Å². The van der Waals surface area contributed by atoms with Crippen LogP contribution in [0.5, 0.6) is 0 Å². The van der Waals surface area contributed by atoms with Gasteiger partial charge < -0.3 is 0 Å². The molecule has 0 bridgehead atoms. The number of fused-ring (bicyclic) bond motifs is 4. The van der Waals surface area contributed by atoms with E-state index in [0.29, 0.717) is 0 Å². The Hall–Kier alpha value is -12.0. The van der Waals surface area contributed by atoms with Gasteiger partial charge >= 0.3 is 0 Å². The molecule has 0 radical (unpaired) electrons. The van der Waals surface area contributed by atoms with E-state index < -0.39 is 0 Å². The van der Waals surface area contributed by atoms with Gasteiger partial charge in [0.15, 0.2) is 0 Å². The minimum absolute atomic E-state index is 0.851. The predicted octanol–water partition coefficient (Wildman–Crippen LogP) is 19.8. The van der Waals surface area contributed by atoms with Crippen LogP contribution in [0.25, 0.3) is 155 Å². The lowest BCUT2D eigenvalue weighted by atomic mass is 9.85. The summed E-state index contributed by atoms with van der Waals surface area (Å²) in [5.74, 6) is 0. The molecule has 0 N–H and O–H groups in total. The molecule has 0 fully saturated rings. The maximum absolute atomic E-state index is 4.88. The molecule has 8 aromatic carbocycles. The number of aromatic nitrogens is 8. The van der Waals surface area contributed by atoms with Crippen LogP contribution in [0.3, 0.4) is 0 Å². The van der Waals surface area contributed by atoms with E-state index in [0.717, 1.165) is 78.7 Å². The smallest absolute Gasteiger partial charge is 0.0886 e. The van der Waals surface area contributed by atoms with Crippen LogP contribution in [-0.4, -0.2) is 39.9 Å². The fourth-order valence-electron chi connectivity index (χ4n) is 12.1. The summed E-state index contributed by atoms with van der Waals surface area (Å²) >= 11 is 0. The molecule has 0 atom stereocenters. The molecule has 0 unspecified atom stereocenters. The zero-order valence-electron chi connectivity index (χ0n) is 47.6. The topological polar surface area (TPSA) is 103 Å². The summed E-state index contributed by atoms with van der Waals surface area (Å²) in [7, 11) is 0. The van der Waals surface area contributed by atoms with Gasteiger partial charge in [-0.3, -0.25) is 39.9 Å². The molecule has 412 valence electrons. The average Bonchev–Trinajstić information content (AvgIpc) is 1.28. The van der Waals surface area contributed by atoms with E-state index in [2.05, 4.69) is 214 Å². The van der Waals surface area contributed by atoms with Crippen molar-refractivity contribution < 1.29 is 0 Å². The second-order valence-corrected chi connectivity index (χ2v) is 21.5. The SMILES string of the molecule is c1ccc(-c2ccc3c(-c4ccc(-c5ccccn5)nc4)c4ccccc4c(-c4ccc(-c5ccccn5)nc4)c3c2)cc1.c1ccc(-c2ccc3c(-c4ccc(-c5cccnc5)nc4)c4ccccc4c(-c4ccc(-c5cccnc5)nc4)c3c2)cc1. The van der Waals surface area contributed by atoms with Crippen molar-refractivity contribution in [3.8, 4) is 112 Å². The molecule has 16 rings (SSSR count). The van der Waals surface area contributed by atoms with Crippen LogP contribution >= 0.6 is 0 Å². The molecule has 8 heterocycles. The Balaban J connectivity index is 0.000000148. The summed E-state index contributed by atoms with van der Waals surface area (Å²) in [6.07, 6.45) is 18.8. The molecule has 0 spiro atoms. The summed E-state index contributed by atoms with van der Waals surface area (Å²) in [6, 6.07) is 88.7. The first kappa shape index (κ1) is 52.8. The summed E-state index contributed by atoms with van der Waals surface area (Å²) in [4.78, 5) is 37.0. The highest BCUT2D eigenvalue weighted by atomic mass is 14.8. The number of nitrogens with zero attached hydrogens (tertiary/aromatic N) is 8. The van der Waals surface area contributed by atoms with Gasteiger partial charge in [0.2, 0.25) is 0 Å². The van der Waals surface area contributed by atoms with E-state index in [1.807, 2.05) is 97.8 Å². The molecule has 88 heavy (non-hydrogen) atoms. The van der Waals surface area contributed by atoms with Crippen molar-refractivity contribution >= 4 is 43.1 Å². The average molecular weight is 1130 g/mol. The van der Waals surface area contributed by atoms with E-state index >= 15 is 0 Å². The van der Waals surface area contributed by atoms with E-state index in [1.54, 1.807) is 24.8 Å². The number of pyridine rings is 8. The molecule has 0 aliphatic carbocycles. The van der Waals surface area contributed by atoms with Crippen LogP contribution in [0.15, 0.2) is 317 Å². The monoisotopic (exact) mass is 1120 g/mol. The van der Waals surface area contributed by atoms with Gasteiger partial charge in [0, 0.05) is 95.3 Å².